The lowest BCUT2D eigenvalue weighted by atomic mass is 10.1. The summed E-state index contributed by atoms with van der Waals surface area (Å²) in [6.07, 6.45) is 1.48. The summed E-state index contributed by atoms with van der Waals surface area (Å²) in [5, 5.41) is 12.6. The highest BCUT2D eigenvalue weighted by atomic mass is 35.5. The summed E-state index contributed by atoms with van der Waals surface area (Å²) in [5.74, 6) is 1.24. The maximum Gasteiger partial charge on any atom is 0.262 e. The number of hydrogen-bond donors (Lipinski definition) is 1. The standard InChI is InChI=1S/C27H25ClN2O4/c1-18-4-6-19(7-5-18)17-34-25-11-8-20(13-24(25)28)12-22(15-29)27(31)30-16-21-9-10-23(32-2)14-26(21)33-3/h4-14H,16-17H2,1-3H3,(H,30,31)/b22-12+. The van der Waals surface area contributed by atoms with Gasteiger partial charge >= 0.3 is 0 Å². The van der Waals surface area contributed by atoms with E-state index in [9.17, 15) is 10.1 Å². The molecule has 0 bridgehead atoms. The number of amides is 1. The number of aryl methyl sites for hydroxylation is 1. The summed E-state index contributed by atoms with van der Waals surface area (Å²) in [7, 11) is 3.10. The first-order valence-corrected chi connectivity index (χ1v) is 10.9. The molecule has 0 radical (unpaired) electrons. The molecule has 3 rings (SSSR count). The molecule has 174 valence electrons. The average molecular weight is 477 g/mol. The second kappa shape index (κ2) is 11.8. The van der Waals surface area contributed by atoms with Gasteiger partial charge in [-0.15, -0.1) is 0 Å². The van der Waals surface area contributed by atoms with Crippen molar-refractivity contribution in [3.05, 3.63) is 93.5 Å². The largest absolute Gasteiger partial charge is 0.497 e. The molecule has 0 atom stereocenters. The number of carbonyl (C=O) groups excluding carboxylic acids is 1. The molecule has 6 nitrogen and oxygen atoms in total. The molecule has 0 aliphatic carbocycles. The van der Waals surface area contributed by atoms with Crippen molar-refractivity contribution < 1.29 is 19.0 Å². The van der Waals surface area contributed by atoms with E-state index in [2.05, 4.69) is 5.32 Å². The second-order valence-corrected chi connectivity index (χ2v) is 7.90. The zero-order valence-corrected chi connectivity index (χ0v) is 20.0. The molecule has 0 heterocycles. The van der Waals surface area contributed by atoms with E-state index >= 15 is 0 Å². The molecule has 0 fully saturated rings. The molecule has 34 heavy (non-hydrogen) atoms. The first-order chi connectivity index (χ1) is 16.4. The number of hydrogen-bond acceptors (Lipinski definition) is 5. The molecule has 1 amide bonds. The molecule has 7 heteroatoms. The van der Waals surface area contributed by atoms with Crippen LogP contribution in [0.1, 0.15) is 22.3 Å². The molecule has 3 aromatic carbocycles. The van der Waals surface area contributed by atoms with Gasteiger partial charge < -0.3 is 19.5 Å². The van der Waals surface area contributed by atoms with Gasteiger partial charge in [0.15, 0.2) is 0 Å². The first-order valence-electron chi connectivity index (χ1n) is 10.5. The number of methoxy groups -OCH3 is 2. The maximum absolute atomic E-state index is 12.6. The maximum atomic E-state index is 12.6. The Morgan fingerprint density at radius 1 is 1.03 bits per heavy atom. The predicted octanol–water partition coefficient (Wildman–Crippen LogP) is 5.47. The molecule has 3 aromatic rings. The third kappa shape index (κ3) is 6.53. The van der Waals surface area contributed by atoms with Gasteiger partial charge in [-0.05, 0) is 48.4 Å². The van der Waals surface area contributed by atoms with Crippen LogP contribution in [0.5, 0.6) is 17.2 Å². The lowest BCUT2D eigenvalue weighted by Crippen LogP contribution is -2.24. The highest BCUT2D eigenvalue weighted by molar-refractivity contribution is 6.32. The molecular weight excluding hydrogens is 452 g/mol. The number of halogens is 1. The van der Waals surface area contributed by atoms with Crippen molar-refractivity contribution in [2.45, 2.75) is 20.1 Å². The van der Waals surface area contributed by atoms with Crippen LogP contribution in [0.2, 0.25) is 5.02 Å². The van der Waals surface area contributed by atoms with Crippen LogP contribution in [-0.4, -0.2) is 20.1 Å². The van der Waals surface area contributed by atoms with Gasteiger partial charge in [-0.1, -0.05) is 47.5 Å². The zero-order valence-electron chi connectivity index (χ0n) is 19.2. The summed E-state index contributed by atoms with van der Waals surface area (Å²) in [6, 6.07) is 20.4. The minimum absolute atomic E-state index is 0.0446. The van der Waals surface area contributed by atoms with Gasteiger partial charge in [0.05, 0.1) is 19.2 Å². The normalized spacial score (nSPS) is 10.9. The van der Waals surface area contributed by atoms with Crippen molar-refractivity contribution in [1.29, 1.82) is 5.26 Å². The van der Waals surface area contributed by atoms with Gasteiger partial charge in [-0.25, -0.2) is 0 Å². The fraction of sp³-hybridized carbons (Fsp3) is 0.185. The van der Waals surface area contributed by atoms with Crippen LogP contribution in [0.3, 0.4) is 0 Å². The van der Waals surface area contributed by atoms with Gasteiger partial charge in [0, 0.05) is 18.2 Å². The number of carbonyl (C=O) groups is 1. The molecular formula is C27H25ClN2O4. The molecule has 0 aliphatic rings. The lowest BCUT2D eigenvalue weighted by molar-refractivity contribution is -0.117. The van der Waals surface area contributed by atoms with E-state index in [1.807, 2.05) is 37.3 Å². The molecule has 0 aliphatic heterocycles. The van der Waals surface area contributed by atoms with Gasteiger partial charge in [0.25, 0.3) is 5.91 Å². The van der Waals surface area contributed by atoms with Crippen LogP contribution in [0.15, 0.2) is 66.2 Å². The number of nitriles is 1. The van der Waals surface area contributed by atoms with Crippen LogP contribution in [0.25, 0.3) is 6.08 Å². The monoisotopic (exact) mass is 476 g/mol. The van der Waals surface area contributed by atoms with Crippen molar-refractivity contribution in [3.8, 4) is 23.3 Å². The van der Waals surface area contributed by atoms with E-state index in [1.165, 1.54) is 11.6 Å². The summed E-state index contributed by atoms with van der Waals surface area (Å²) in [6.45, 7) is 2.60. The lowest BCUT2D eigenvalue weighted by Gasteiger charge is -2.11. The van der Waals surface area contributed by atoms with Crippen LogP contribution in [0, 0.1) is 18.3 Å². The van der Waals surface area contributed by atoms with Crippen LogP contribution in [0.4, 0.5) is 0 Å². The molecule has 0 aromatic heterocycles. The summed E-state index contributed by atoms with van der Waals surface area (Å²) < 4.78 is 16.3. The van der Waals surface area contributed by atoms with E-state index in [0.29, 0.717) is 34.4 Å². The number of nitrogens with zero attached hydrogens (tertiary/aromatic N) is 1. The average Bonchev–Trinajstić information content (AvgIpc) is 2.86. The minimum atomic E-state index is -0.504. The van der Waals surface area contributed by atoms with Crippen molar-refractivity contribution in [2.75, 3.05) is 14.2 Å². The zero-order chi connectivity index (χ0) is 24.5. The smallest absolute Gasteiger partial charge is 0.262 e. The SMILES string of the molecule is COc1ccc(CNC(=O)/C(C#N)=C/c2ccc(OCc3ccc(C)cc3)c(Cl)c2)c(OC)c1. The Balaban J connectivity index is 1.66. The van der Waals surface area contributed by atoms with Crippen molar-refractivity contribution in [3.63, 3.8) is 0 Å². The van der Waals surface area contributed by atoms with Crippen LogP contribution >= 0.6 is 11.6 Å². The van der Waals surface area contributed by atoms with E-state index in [4.69, 9.17) is 25.8 Å². The van der Waals surface area contributed by atoms with E-state index < -0.39 is 5.91 Å². The third-order valence-corrected chi connectivity index (χ3v) is 5.38. The molecule has 0 spiro atoms. The van der Waals surface area contributed by atoms with Gasteiger partial charge in [0.1, 0.15) is 35.5 Å². The fourth-order valence-corrected chi connectivity index (χ4v) is 3.40. The number of ether oxygens (including phenoxy) is 3. The van der Waals surface area contributed by atoms with Crippen molar-refractivity contribution >= 4 is 23.6 Å². The molecule has 1 N–H and O–H groups in total. The molecule has 0 unspecified atom stereocenters. The first kappa shape index (κ1) is 24.7. The summed E-state index contributed by atoms with van der Waals surface area (Å²) >= 11 is 6.36. The Kier molecular flexibility index (Phi) is 8.55. The minimum Gasteiger partial charge on any atom is -0.497 e. The Bertz CT molecular complexity index is 1230. The van der Waals surface area contributed by atoms with Gasteiger partial charge in [-0.2, -0.15) is 5.26 Å². The Morgan fingerprint density at radius 3 is 2.44 bits per heavy atom. The number of nitrogens with one attached hydrogen (secondary N) is 1. The highest BCUT2D eigenvalue weighted by Crippen LogP contribution is 2.28. The molecule has 0 saturated carbocycles. The number of benzene rings is 3. The molecule has 0 saturated heterocycles. The van der Waals surface area contributed by atoms with E-state index in [0.717, 1.165) is 11.1 Å². The topological polar surface area (TPSA) is 80.6 Å². The van der Waals surface area contributed by atoms with E-state index in [-0.39, 0.29) is 12.1 Å². The second-order valence-electron chi connectivity index (χ2n) is 7.49. The third-order valence-electron chi connectivity index (χ3n) is 5.08. The highest BCUT2D eigenvalue weighted by Gasteiger charge is 2.12. The summed E-state index contributed by atoms with van der Waals surface area (Å²) in [4.78, 5) is 12.6. The van der Waals surface area contributed by atoms with Crippen molar-refractivity contribution in [2.24, 2.45) is 0 Å². The van der Waals surface area contributed by atoms with Crippen LogP contribution < -0.4 is 19.5 Å². The van der Waals surface area contributed by atoms with E-state index in [1.54, 1.807) is 50.6 Å². The van der Waals surface area contributed by atoms with Crippen LogP contribution in [-0.2, 0) is 17.9 Å². The quantitative estimate of drug-likeness (QED) is 0.327. The van der Waals surface area contributed by atoms with Gasteiger partial charge in [-0.3, -0.25) is 4.79 Å². The Labute approximate surface area is 204 Å². The Morgan fingerprint density at radius 2 is 1.79 bits per heavy atom. The van der Waals surface area contributed by atoms with Gasteiger partial charge in [0.2, 0.25) is 0 Å². The fourth-order valence-electron chi connectivity index (χ4n) is 3.15. The summed E-state index contributed by atoms with van der Waals surface area (Å²) in [5.41, 5.74) is 3.53. The Hall–Kier alpha value is -3.95. The predicted molar refractivity (Wildman–Crippen MR) is 132 cm³/mol. The number of rotatable bonds is 9. The van der Waals surface area contributed by atoms with Crippen molar-refractivity contribution in [1.82, 2.24) is 5.32 Å².